The Labute approximate surface area is 113 Å². The van der Waals surface area contributed by atoms with Crippen LogP contribution >= 0.6 is 15.9 Å². The minimum atomic E-state index is -3.72. The van der Waals surface area contributed by atoms with Crippen molar-refractivity contribution in [3.05, 3.63) is 34.4 Å². The second-order valence-electron chi connectivity index (χ2n) is 3.77. The standard InChI is InChI=1S/C10H11BrN4O2S/c1-6-2-7(11)4-8(3-6)15-18(16,17)9-5-13-14-10(9)12/h2-5,15H,1H3,(H3,12,13,14). The number of aromatic nitrogens is 2. The lowest BCUT2D eigenvalue weighted by Gasteiger charge is -2.08. The van der Waals surface area contributed by atoms with E-state index in [0.717, 1.165) is 10.0 Å². The summed E-state index contributed by atoms with van der Waals surface area (Å²) >= 11 is 3.31. The number of sulfonamides is 1. The number of nitrogens with zero attached hydrogens (tertiary/aromatic N) is 1. The van der Waals surface area contributed by atoms with Crippen molar-refractivity contribution < 1.29 is 8.42 Å². The Morgan fingerprint density at radius 1 is 1.39 bits per heavy atom. The molecule has 1 aromatic carbocycles. The largest absolute Gasteiger partial charge is 0.383 e. The Kier molecular flexibility index (Phi) is 3.31. The van der Waals surface area contributed by atoms with E-state index >= 15 is 0 Å². The number of nitrogens with two attached hydrogens (primary N) is 1. The summed E-state index contributed by atoms with van der Waals surface area (Å²) in [6.45, 7) is 1.87. The Balaban J connectivity index is 2.37. The second kappa shape index (κ2) is 4.62. The van der Waals surface area contributed by atoms with Crippen LogP contribution in [0.4, 0.5) is 11.5 Å². The van der Waals surface area contributed by atoms with Crippen molar-refractivity contribution in [2.75, 3.05) is 10.5 Å². The number of aryl methyl sites for hydroxylation is 1. The number of anilines is 2. The molecular formula is C10H11BrN4O2S. The van der Waals surface area contributed by atoms with E-state index in [4.69, 9.17) is 5.73 Å². The highest BCUT2D eigenvalue weighted by atomic mass is 79.9. The molecule has 0 bridgehead atoms. The molecule has 0 atom stereocenters. The molecule has 1 aromatic heterocycles. The first-order valence-corrected chi connectivity index (χ1v) is 7.25. The second-order valence-corrected chi connectivity index (χ2v) is 6.34. The maximum atomic E-state index is 12.0. The zero-order valence-corrected chi connectivity index (χ0v) is 11.8. The minimum absolute atomic E-state index is 0.00854. The fraction of sp³-hybridized carbons (Fsp3) is 0.100. The van der Waals surface area contributed by atoms with Crippen molar-refractivity contribution in [3.8, 4) is 0 Å². The smallest absolute Gasteiger partial charge is 0.267 e. The molecule has 2 aromatic rings. The van der Waals surface area contributed by atoms with Crippen LogP contribution < -0.4 is 10.5 Å². The van der Waals surface area contributed by atoms with Gasteiger partial charge in [-0.1, -0.05) is 15.9 Å². The van der Waals surface area contributed by atoms with Gasteiger partial charge in [-0.15, -0.1) is 0 Å². The third-order valence-electron chi connectivity index (χ3n) is 2.22. The van der Waals surface area contributed by atoms with Crippen LogP contribution in [-0.2, 0) is 10.0 Å². The van der Waals surface area contributed by atoms with Gasteiger partial charge in [0.25, 0.3) is 10.0 Å². The number of hydrogen-bond acceptors (Lipinski definition) is 4. The van der Waals surface area contributed by atoms with Crippen LogP contribution in [0.3, 0.4) is 0 Å². The number of benzene rings is 1. The quantitative estimate of drug-likeness (QED) is 0.799. The van der Waals surface area contributed by atoms with E-state index in [-0.39, 0.29) is 10.7 Å². The van der Waals surface area contributed by atoms with Gasteiger partial charge in [-0.25, -0.2) is 8.42 Å². The average Bonchev–Trinajstić information content (AvgIpc) is 2.62. The van der Waals surface area contributed by atoms with Crippen LogP contribution in [0.2, 0.25) is 0 Å². The van der Waals surface area contributed by atoms with E-state index in [9.17, 15) is 8.42 Å². The predicted octanol–water partition coefficient (Wildman–Crippen LogP) is 1.86. The number of rotatable bonds is 3. The van der Waals surface area contributed by atoms with E-state index in [1.165, 1.54) is 6.20 Å². The summed E-state index contributed by atoms with van der Waals surface area (Å²) in [4.78, 5) is -0.0693. The topological polar surface area (TPSA) is 101 Å². The van der Waals surface area contributed by atoms with Crippen LogP contribution in [0, 0.1) is 6.92 Å². The Morgan fingerprint density at radius 3 is 2.67 bits per heavy atom. The molecule has 4 N–H and O–H groups in total. The highest BCUT2D eigenvalue weighted by Crippen LogP contribution is 2.23. The normalized spacial score (nSPS) is 11.4. The lowest BCUT2D eigenvalue weighted by Crippen LogP contribution is -2.14. The first kappa shape index (κ1) is 12.9. The van der Waals surface area contributed by atoms with Gasteiger partial charge in [0, 0.05) is 4.47 Å². The predicted molar refractivity (Wildman–Crippen MR) is 72.7 cm³/mol. The molecule has 0 fully saturated rings. The van der Waals surface area contributed by atoms with Gasteiger partial charge in [0.15, 0.2) is 0 Å². The molecule has 8 heteroatoms. The molecule has 18 heavy (non-hydrogen) atoms. The van der Waals surface area contributed by atoms with Gasteiger partial charge in [0.1, 0.15) is 10.7 Å². The van der Waals surface area contributed by atoms with Crippen molar-refractivity contribution in [3.63, 3.8) is 0 Å². The first-order chi connectivity index (χ1) is 8.38. The maximum absolute atomic E-state index is 12.0. The molecule has 0 radical (unpaired) electrons. The molecule has 1 heterocycles. The fourth-order valence-corrected chi connectivity index (χ4v) is 3.18. The molecule has 0 unspecified atom stereocenters. The number of hydrogen-bond donors (Lipinski definition) is 3. The van der Waals surface area contributed by atoms with Gasteiger partial charge < -0.3 is 5.73 Å². The molecule has 6 nitrogen and oxygen atoms in total. The molecule has 2 rings (SSSR count). The van der Waals surface area contributed by atoms with Crippen LogP contribution in [0.1, 0.15) is 5.56 Å². The van der Waals surface area contributed by atoms with Crippen LogP contribution in [-0.4, -0.2) is 18.6 Å². The Hall–Kier alpha value is -1.54. The van der Waals surface area contributed by atoms with Crippen molar-refractivity contribution in [1.29, 1.82) is 0 Å². The fourth-order valence-electron chi connectivity index (χ4n) is 1.50. The molecule has 0 aliphatic carbocycles. The van der Waals surface area contributed by atoms with Crippen molar-refractivity contribution in [1.82, 2.24) is 10.2 Å². The monoisotopic (exact) mass is 330 g/mol. The van der Waals surface area contributed by atoms with Crippen molar-refractivity contribution >= 4 is 37.5 Å². The molecule has 0 aliphatic rings. The Bertz CT molecular complexity index is 661. The number of nitrogen functional groups attached to an aromatic ring is 1. The third-order valence-corrected chi connectivity index (χ3v) is 4.08. The average molecular weight is 331 g/mol. The van der Waals surface area contributed by atoms with Gasteiger partial charge in [-0.05, 0) is 30.7 Å². The van der Waals surface area contributed by atoms with Gasteiger partial charge in [0.2, 0.25) is 0 Å². The Morgan fingerprint density at radius 2 is 2.11 bits per heavy atom. The van der Waals surface area contributed by atoms with E-state index < -0.39 is 10.0 Å². The first-order valence-electron chi connectivity index (χ1n) is 4.97. The number of aromatic amines is 1. The summed E-state index contributed by atoms with van der Waals surface area (Å²) in [5.74, 6) is 0.00854. The van der Waals surface area contributed by atoms with E-state index in [0.29, 0.717) is 5.69 Å². The number of halogens is 1. The minimum Gasteiger partial charge on any atom is -0.383 e. The number of nitrogens with one attached hydrogen (secondary N) is 2. The molecule has 0 amide bonds. The summed E-state index contributed by atoms with van der Waals surface area (Å²) in [6, 6.07) is 5.27. The summed E-state index contributed by atoms with van der Waals surface area (Å²) < 4.78 is 27.3. The highest BCUT2D eigenvalue weighted by Gasteiger charge is 2.19. The highest BCUT2D eigenvalue weighted by molar-refractivity contribution is 9.10. The zero-order valence-electron chi connectivity index (χ0n) is 9.44. The van der Waals surface area contributed by atoms with Crippen LogP contribution in [0.15, 0.2) is 33.8 Å². The summed E-state index contributed by atoms with van der Waals surface area (Å²) in [5.41, 5.74) is 6.89. The molecule has 96 valence electrons. The molecule has 0 spiro atoms. The van der Waals surface area contributed by atoms with E-state index in [1.54, 1.807) is 12.1 Å². The van der Waals surface area contributed by atoms with E-state index in [1.807, 2.05) is 13.0 Å². The summed E-state index contributed by atoms with van der Waals surface area (Å²) in [7, 11) is -3.72. The third kappa shape index (κ3) is 2.65. The molecule has 0 saturated carbocycles. The summed E-state index contributed by atoms with van der Waals surface area (Å²) in [6.07, 6.45) is 1.17. The molecule has 0 saturated heterocycles. The number of H-pyrrole nitrogens is 1. The molecular weight excluding hydrogens is 320 g/mol. The lowest BCUT2D eigenvalue weighted by atomic mass is 10.2. The SMILES string of the molecule is Cc1cc(Br)cc(NS(=O)(=O)c2cn[nH]c2N)c1. The van der Waals surface area contributed by atoms with Crippen LogP contribution in [0.25, 0.3) is 0 Å². The maximum Gasteiger partial charge on any atom is 0.267 e. The van der Waals surface area contributed by atoms with Gasteiger partial charge in [0.05, 0.1) is 11.9 Å². The van der Waals surface area contributed by atoms with Crippen LogP contribution in [0.5, 0.6) is 0 Å². The zero-order chi connectivity index (χ0) is 13.3. The van der Waals surface area contributed by atoms with E-state index in [2.05, 4.69) is 30.8 Å². The van der Waals surface area contributed by atoms with Gasteiger partial charge in [-0.2, -0.15) is 5.10 Å². The van der Waals surface area contributed by atoms with Crippen molar-refractivity contribution in [2.24, 2.45) is 0 Å². The lowest BCUT2D eigenvalue weighted by molar-refractivity contribution is 0.601. The van der Waals surface area contributed by atoms with Gasteiger partial charge >= 0.3 is 0 Å². The van der Waals surface area contributed by atoms with Gasteiger partial charge in [-0.3, -0.25) is 9.82 Å². The van der Waals surface area contributed by atoms with Crippen molar-refractivity contribution in [2.45, 2.75) is 11.8 Å². The molecule has 0 aliphatic heterocycles. The summed E-state index contributed by atoms with van der Waals surface area (Å²) in [5, 5.41) is 5.97.